The first-order valence-corrected chi connectivity index (χ1v) is 3.62. The van der Waals surface area contributed by atoms with Crippen LogP contribution in [-0.4, -0.2) is 8.58 Å². The lowest BCUT2D eigenvalue weighted by atomic mass is 10.5. The van der Waals surface area contributed by atoms with Crippen molar-refractivity contribution >= 4 is 22.2 Å². The molecule has 0 aromatic carbocycles. The van der Waals surface area contributed by atoms with Crippen LogP contribution in [0, 0.1) is 0 Å². The van der Waals surface area contributed by atoms with Gasteiger partial charge in [0.05, 0.1) is 16.1 Å². The molecule has 0 N–H and O–H groups in total. The van der Waals surface area contributed by atoms with Gasteiger partial charge in [-0.3, -0.25) is 3.59 Å². The van der Waals surface area contributed by atoms with Crippen LogP contribution >= 0.6 is 16.1 Å². The lowest BCUT2D eigenvalue weighted by Gasteiger charge is -1.86. The molecule has 1 rings (SSSR count). The molecular formula is C7H7BrN2. The van der Waals surface area contributed by atoms with Crippen LogP contribution in [0.3, 0.4) is 0 Å². The Labute approximate surface area is 68.2 Å². The number of hydrogen-bond donors (Lipinski definition) is 0. The highest BCUT2D eigenvalue weighted by Crippen LogP contribution is 2.01. The maximum Gasteiger partial charge on any atom is 0.150 e. The van der Waals surface area contributed by atoms with Crippen molar-refractivity contribution in [3.8, 4) is 0 Å². The van der Waals surface area contributed by atoms with Gasteiger partial charge in [-0.25, -0.2) is 4.98 Å². The Balaban J connectivity index is 2.95. The van der Waals surface area contributed by atoms with Crippen LogP contribution in [0.15, 0.2) is 24.2 Å². The van der Waals surface area contributed by atoms with Crippen molar-refractivity contribution < 1.29 is 0 Å². The summed E-state index contributed by atoms with van der Waals surface area (Å²) in [6.07, 6.45) is 7.18. The Morgan fingerprint density at radius 3 is 3.10 bits per heavy atom. The van der Waals surface area contributed by atoms with Gasteiger partial charge in [-0.05, 0) is 13.0 Å². The Morgan fingerprint density at radius 1 is 1.80 bits per heavy atom. The zero-order valence-corrected chi connectivity index (χ0v) is 7.17. The van der Waals surface area contributed by atoms with Gasteiger partial charge in [0.1, 0.15) is 5.82 Å². The number of allylic oxidation sites excluding steroid dienone is 1. The second-order valence-corrected chi connectivity index (χ2v) is 2.46. The predicted molar refractivity (Wildman–Crippen MR) is 44.8 cm³/mol. The van der Waals surface area contributed by atoms with Crippen molar-refractivity contribution in [1.29, 1.82) is 0 Å². The molecule has 0 aliphatic rings. The number of nitrogens with zero attached hydrogens (tertiary/aromatic N) is 2. The van der Waals surface area contributed by atoms with E-state index in [0.717, 1.165) is 5.82 Å². The van der Waals surface area contributed by atoms with E-state index in [1.165, 1.54) is 0 Å². The highest BCUT2D eigenvalue weighted by Gasteiger charge is 1.90. The first-order chi connectivity index (χ1) is 4.84. The van der Waals surface area contributed by atoms with Crippen molar-refractivity contribution in [3.05, 3.63) is 30.0 Å². The standard InChI is InChI=1S/C7H7BrN2/c1-2-3-4-7-9-5-6-10(7)8/h2,4-6H,1H3. The van der Waals surface area contributed by atoms with Gasteiger partial charge in [-0.2, -0.15) is 0 Å². The van der Waals surface area contributed by atoms with Crippen LogP contribution in [0.4, 0.5) is 0 Å². The molecular weight excluding hydrogens is 192 g/mol. The monoisotopic (exact) mass is 198 g/mol. The van der Waals surface area contributed by atoms with Gasteiger partial charge in [0.2, 0.25) is 0 Å². The maximum absolute atomic E-state index is 4.03. The molecule has 0 saturated carbocycles. The Bertz CT molecular complexity index is 269. The summed E-state index contributed by atoms with van der Waals surface area (Å²) in [7, 11) is 0. The molecule has 0 radical (unpaired) electrons. The van der Waals surface area contributed by atoms with Crippen molar-refractivity contribution in [3.63, 3.8) is 0 Å². The third kappa shape index (κ3) is 1.59. The van der Waals surface area contributed by atoms with Gasteiger partial charge in [0.25, 0.3) is 0 Å². The molecule has 0 bridgehead atoms. The minimum Gasteiger partial charge on any atom is -0.266 e. The molecule has 0 atom stereocenters. The van der Waals surface area contributed by atoms with Gasteiger partial charge < -0.3 is 0 Å². The molecule has 0 saturated heterocycles. The minimum atomic E-state index is 0.845. The molecule has 10 heavy (non-hydrogen) atoms. The predicted octanol–water partition coefficient (Wildman–Crippen LogP) is 2.23. The van der Waals surface area contributed by atoms with E-state index < -0.39 is 0 Å². The zero-order valence-electron chi connectivity index (χ0n) is 5.58. The van der Waals surface area contributed by atoms with Crippen LogP contribution in [0.2, 0.25) is 0 Å². The third-order valence-electron chi connectivity index (χ3n) is 1.00. The molecule has 0 spiro atoms. The Hall–Kier alpha value is -0.790. The van der Waals surface area contributed by atoms with E-state index in [2.05, 4.69) is 26.9 Å². The molecule has 0 aliphatic heterocycles. The largest absolute Gasteiger partial charge is 0.266 e. The molecule has 0 aliphatic carbocycles. The molecule has 2 nitrogen and oxygen atoms in total. The summed E-state index contributed by atoms with van der Waals surface area (Å²) in [4.78, 5) is 4.03. The lowest BCUT2D eigenvalue weighted by molar-refractivity contribution is 1.22. The smallest absolute Gasteiger partial charge is 0.150 e. The fourth-order valence-electron chi connectivity index (χ4n) is 0.557. The van der Waals surface area contributed by atoms with Crippen molar-refractivity contribution in [1.82, 2.24) is 8.58 Å². The SMILES string of the molecule is CC=C=Cc1nccn1Br. The second-order valence-electron chi connectivity index (χ2n) is 1.70. The number of halogens is 1. The van der Waals surface area contributed by atoms with Crippen LogP contribution in [0.25, 0.3) is 6.08 Å². The molecule has 0 amide bonds. The fraction of sp³-hybridized carbons (Fsp3) is 0.143. The fourth-order valence-corrected chi connectivity index (χ4v) is 0.856. The van der Waals surface area contributed by atoms with E-state index in [4.69, 9.17) is 0 Å². The number of rotatable bonds is 1. The van der Waals surface area contributed by atoms with Crippen molar-refractivity contribution in [2.24, 2.45) is 0 Å². The van der Waals surface area contributed by atoms with Gasteiger partial charge >= 0.3 is 0 Å². The maximum atomic E-state index is 4.03. The van der Waals surface area contributed by atoms with Gasteiger partial charge in [0, 0.05) is 18.5 Å². The highest BCUT2D eigenvalue weighted by molar-refractivity contribution is 9.08. The first kappa shape index (κ1) is 7.32. The lowest BCUT2D eigenvalue weighted by Crippen LogP contribution is -1.79. The van der Waals surface area contributed by atoms with E-state index in [1.807, 2.05) is 19.2 Å². The topological polar surface area (TPSA) is 17.8 Å². The van der Waals surface area contributed by atoms with E-state index in [-0.39, 0.29) is 0 Å². The molecule has 1 aromatic rings. The van der Waals surface area contributed by atoms with E-state index in [0.29, 0.717) is 0 Å². The van der Waals surface area contributed by atoms with Crippen molar-refractivity contribution in [2.45, 2.75) is 6.92 Å². The summed E-state index contributed by atoms with van der Waals surface area (Å²) < 4.78 is 1.75. The summed E-state index contributed by atoms with van der Waals surface area (Å²) in [6.45, 7) is 1.91. The molecule has 1 heterocycles. The normalized spacial score (nSPS) is 8.60. The Morgan fingerprint density at radius 2 is 2.60 bits per heavy atom. The Kier molecular flexibility index (Phi) is 2.49. The second kappa shape index (κ2) is 3.40. The average Bonchev–Trinajstić information content (AvgIpc) is 2.31. The molecule has 52 valence electrons. The van der Waals surface area contributed by atoms with Crippen LogP contribution < -0.4 is 0 Å². The average molecular weight is 199 g/mol. The van der Waals surface area contributed by atoms with Crippen LogP contribution in [-0.2, 0) is 0 Å². The number of hydrogen-bond acceptors (Lipinski definition) is 1. The van der Waals surface area contributed by atoms with E-state index in [9.17, 15) is 0 Å². The van der Waals surface area contributed by atoms with Gasteiger partial charge in [-0.15, -0.1) is 5.73 Å². The third-order valence-corrected chi connectivity index (χ3v) is 1.60. The van der Waals surface area contributed by atoms with Crippen LogP contribution in [0.1, 0.15) is 12.7 Å². The van der Waals surface area contributed by atoms with E-state index >= 15 is 0 Å². The molecule has 3 heteroatoms. The summed E-state index contributed by atoms with van der Waals surface area (Å²) in [5, 5.41) is 0. The summed E-state index contributed by atoms with van der Waals surface area (Å²) in [5.74, 6) is 0.845. The van der Waals surface area contributed by atoms with Gasteiger partial charge in [-0.1, -0.05) is 0 Å². The quantitative estimate of drug-likeness (QED) is 0.634. The highest BCUT2D eigenvalue weighted by atomic mass is 79.9. The molecule has 0 fully saturated rings. The zero-order chi connectivity index (χ0) is 7.40. The van der Waals surface area contributed by atoms with Gasteiger partial charge in [0.15, 0.2) is 0 Å². The number of aromatic nitrogens is 2. The molecule has 1 aromatic heterocycles. The van der Waals surface area contributed by atoms with E-state index in [1.54, 1.807) is 15.9 Å². The summed E-state index contributed by atoms with van der Waals surface area (Å²) in [5.41, 5.74) is 2.93. The summed E-state index contributed by atoms with van der Waals surface area (Å²) in [6, 6.07) is 0. The number of imidazole rings is 1. The van der Waals surface area contributed by atoms with Crippen LogP contribution in [0.5, 0.6) is 0 Å². The van der Waals surface area contributed by atoms with Crippen molar-refractivity contribution in [2.75, 3.05) is 0 Å². The summed E-state index contributed by atoms with van der Waals surface area (Å²) >= 11 is 3.27. The minimum absolute atomic E-state index is 0.845. The molecule has 0 unspecified atom stereocenters. The first-order valence-electron chi connectivity index (χ1n) is 2.91.